The zero-order valence-electron chi connectivity index (χ0n) is 16.7. The molecule has 1 amide bonds. The zero-order chi connectivity index (χ0) is 21.3. The van der Waals surface area contributed by atoms with Gasteiger partial charge in [0.1, 0.15) is 12.3 Å². The second-order valence-electron chi connectivity index (χ2n) is 7.13. The topological polar surface area (TPSA) is 60.3 Å². The van der Waals surface area contributed by atoms with E-state index in [1.54, 1.807) is 19.2 Å². The number of amides is 1. The third kappa shape index (κ3) is 3.71. The van der Waals surface area contributed by atoms with Crippen molar-refractivity contribution >= 4 is 43.6 Å². The summed E-state index contributed by atoms with van der Waals surface area (Å²) >= 11 is 3.49. The minimum atomic E-state index is -0.184. The second kappa shape index (κ2) is 8.32. The molecule has 0 aliphatic carbocycles. The molecular formula is C24H21BrN2O3. The number of rotatable bonds is 5. The maximum Gasteiger partial charge on any atom is 0.240 e. The first-order chi connectivity index (χ1) is 14.5. The molecule has 1 N–H and O–H groups in total. The van der Waals surface area contributed by atoms with Gasteiger partial charge in [0.25, 0.3) is 0 Å². The molecule has 0 saturated carbocycles. The van der Waals surface area contributed by atoms with E-state index in [1.807, 2.05) is 66.1 Å². The van der Waals surface area contributed by atoms with Crippen LogP contribution in [0.5, 0.6) is 5.75 Å². The average molecular weight is 465 g/mol. The van der Waals surface area contributed by atoms with Crippen molar-refractivity contribution in [3.05, 3.63) is 87.0 Å². The van der Waals surface area contributed by atoms with Crippen LogP contribution < -0.4 is 15.5 Å². The van der Waals surface area contributed by atoms with Crippen molar-refractivity contribution in [2.45, 2.75) is 19.5 Å². The van der Waals surface area contributed by atoms with Gasteiger partial charge in [0.2, 0.25) is 5.91 Å². The van der Waals surface area contributed by atoms with Gasteiger partial charge in [0.05, 0.1) is 28.7 Å². The molecule has 6 heteroatoms. The van der Waals surface area contributed by atoms with Gasteiger partial charge in [0.15, 0.2) is 5.43 Å². The fourth-order valence-electron chi connectivity index (χ4n) is 3.71. The molecule has 0 aliphatic rings. The molecule has 1 atom stereocenters. The summed E-state index contributed by atoms with van der Waals surface area (Å²) in [5.74, 6) is 0.608. The molecule has 4 rings (SSSR count). The largest absolute Gasteiger partial charge is 0.496 e. The molecule has 4 aromatic rings. The summed E-state index contributed by atoms with van der Waals surface area (Å²) in [6.45, 7) is 2.05. The van der Waals surface area contributed by atoms with Gasteiger partial charge in [0, 0.05) is 10.8 Å². The molecule has 1 unspecified atom stereocenters. The molecular weight excluding hydrogens is 444 g/mol. The molecule has 0 fully saturated rings. The van der Waals surface area contributed by atoms with E-state index in [0.29, 0.717) is 10.8 Å². The number of fused-ring (bicyclic) bond motifs is 2. The number of aromatic nitrogens is 1. The van der Waals surface area contributed by atoms with E-state index in [0.717, 1.165) is 26.8 Å². The predicted octanol–water partition coefficient (Wildman–Crippen LogP) is 4.80. The van der Waals surface area contributed by atoms with E-state index < -0.39 is 0 Å². The number of halogens is 1. The Morgan fingerprint density at radius 1 is 1.03 bits per heavy atom. The third-order valence-electron chi connectivity index (χ3n) is 5.23. The summed E-state index contributed by atoms with van der Waals surface area (Å²) in [4.78, 5) is 25.8. The fraction of sp³-hybridized carbons (Fsp3) is 0.167. The van der Waals surface area contributed by atoms with Gasteiger partial charge in [-0.15, -0.1) is 0 Å². The Hall–Kier alpha value is -3.12. The van der Waals surface area contributed by atoms with E-state index in [1.165, 1.54) is 0 Å². The first-order valence-electron chi connectivity index (χ1n) is 9.62. The van der Waals surface area contributed by atoms with Crippen LogP contribution in [-0.4, -0.2) is 17.6 Å². The summed E-state index contributed by atoms with van der Waals surface area (Å²) in [5.41, 5.74) is 2.44. The molecule has 1 heterocycles. The van der Waals surface area contributed by atoms with Gasteiger partial charge < -0.3 is 14.6 Å². The highest BCUT2D eigenvalue weighted by Gasteiger charge is 2.15. The van der Waals surface area contributed by atoms with Gasteiger partial charge in [-0.3, -0.25) is 9.59 Å². The average Bonchev–Trinajstić information content (AvgIpc) is 2.76. The van der Waals surface area contributed by atoms with Gasteiger partial charge in [-0.2, -0.15) is 0 Å². The first-order valence-corrected chi connectivity index (χ1v) is 10.4. The van der Waals surface area contributed by atoms with Crippen molar-refractivity contribution in [2.75, 3.05) is 7.11 Å². The molecule has 0 saturated heterocycles. The minimum absolute atomic E-state index is 0.0192. The normalized spacial score (nSPS) is 12.1. The number of nitrogens with one attached hydrogen (secondary N) is 1. The van der Waals surface area contributed by atoms with Crippen LogP contribution in [-0.2, 0) is 11.3 Å². The fourth-order valence-corrected chi connectivity index (χ4v) is 4.27. The smallest absolute Gasteiger partial charge is 0.240 e. The van der Waals surface area contributed by atoms with E-state index in [-0.39, 0.29) is 23.9 Å². The van der Waals surface area contributed by atoms with E-state index >= 15 is 0 Å². The number of para-hydroxylation sites is 2. The lowest BCUT2D eigenvalue weighted by Gasteiger charge is -2.18. The molecule has 1 aromatic heterocycles. The number of benzene rings is 3. The summed E-state index contributed by atoms with van der Waals surface area (Å²) in [7, 11) is 1.62. The Bertz CT molecular complexity index is 1250. The van der Waals surface area contributed by atoms with Crippen LogP contribution in [0.3, 0.4) is 0 Å². The molecule has 152 valence electrons. The first kappa shape index (κ1) is 20.2. The van der Waals surface area contributed by atoms with Crippen LogP contribution in [0.2, 0.25) is 0 Å². The Balaban J connectivity index is 1.67. The highest BCUT2D eigenvalue weighted by molar-refractivity contribution is 9.10. The number of carbonyl (C=O) groups is 1. The predicted molar refractivity (Wildman–Crippen MR) is 123 cm³/mol. The standard InChI is InChI=1S/C24H21BrN2O3/c1-15(16-11-12-22(30-2)19(25)13-16)26-23(28)14-27-20-9-5-3-7-17(20)24(29)18-8-4-6-10-21(18)27/h3-13,15H,14H2,1-2H3,(H,26,28). The summed E-state index contributed by atoms with van der Waals surface area (Å²) in [5, 5.41) is 4.27. The molecule has 0 radical (unpaired) electrons. The van der Waals surface area contributed by atoms with Gasteiger partial charge >= 0.3 is 0 Å². The van der Waals surface area contributed by atoms with E-state index in [2.05, 4.69) is 21.2 Å². The maximum absolute atomic E-state index is 12.9. The number of hydrogen-bond donors (Lipinski definition) is 1. The Morgan fingerprint density at radius 3 is 2.20 bits per heavy atom. The van der Waals surface area contributed by atoms with Crippen molar-refractivity contribution in [3.63, 3.8) is 0 Å². The number of hydrogen-bond acceptors (Lipinski definition) is 3. The lowest BCUT2D eigenvalue weighted by atomic mass is 10.1. The van der Waals surface area contributed by atoms with Crippen LogP contribution in [0.15, 0.2) is 76.0 Å². The Labute approximate surface area is 182 Å². The van der Waals surface area contributed by atoms with Crippen LogP contribution in [0.25, 0.3) is 21.8 Å². The monoisotopic (exact) mass is 464 g/mol. The van der Waals surface area contributed by atoms with Crippen LogP contribution in [0.1, 0.15) is 18.5 Å². The van der Waals surface area contributed by atoms with Crippen molar-refractivity contribution in [3.8, 4) is 5.75 Å². The summed E-state index contributed by atoms with van der Waals surface area (Å²) in [6, 6.07) is 20.3. The van der Waals surface area contributed by atoms with Gasteiger partial charge in [-0.1, -0.05) is 30.3 Å². The molecule has 0 bridgehead atoms. The highest BCUT2D eigenvalue weighted by atomic mass is 79.9. The lowest BCUT2D eigenvalue weighted by molar-refractivity contribution is -0.122. The van der Waals surface area contributed by atoms with Gasteiger partial charge in [-0.05, 0) is 64.8 Å². The Morgan fingerprint density at radius 2 is 1.63 bits per heavy atom. The van der Waals surface area contributed by atoms with Crippen LogP contribution in [0.4, 0.5) is 0 Å². The van der Waals surface area contributed by atoms with E-state index in [4.69, 9.17) is 4.74 Å². The molecule has 0 aliphatic heterocycles. The van der Waals surface area contributed by atoms with Crippen molar-refractivity contribution < 1.29 is 9.53 Å². The Kier molecular flexibility index (Phi) is 5.59. The third-order valence-corrected chi connectivity index (χ3v) is 5.85. The van der Waals surface area contributed by atoms with Crippen LogP contribution in [0, 0.1) is 0 Å². The zero-order valence-corrected chi connectivity index (χ0v) is 18.3. The number of ether oxygens (including phenoxy) is 1. The van der Waals surface area contributed by atoms with Gasteiger partial charge in [-0.25, -0.2) is 0 Å². The summed E-state index contributed by atoms with van der Waals surface area (Å²) in [6.07, 6.45) is 0. The second-order valence-corrected chi connectivity index (χ2v) is 7.99. The van der Waals surface area contributed by atoms with Crippen molar-refractivity contribution in [1.29, 1.82) is 0 Å². The molecule has 3 aromatic carbocycles. The minimum Gasteiger partial charge on any atom is -0.496 e. The van der Waals surface area contributed by atoms with Crippen LogP contribution >= 0.6 is 15.9 Å². The molecule has 30 heavy (non-hydrogen) atoms. The molecule has 0 spiro atoms. The van der Waals surface area contributed by atoms with E-state index in [9.17, 15) is 9.59 Å². The number of carbonyl (C=O) groups excluding carboxylic acids is 1. The molecule has 5 nitrogen and oxygen atoms in total. The quantitative estimate of drug-likeness (QED) is 0.431. The SMILES string of the molecule is COc1ccc(C(C)NC(=O)Cn2c3ccccc3c(=O)c3ccccc32)cc1Br. The number of methoxy groups -OCH3 is 1. The maximum atomic E-state index is 12.9. The lowest BCUT2D eigenvalue weighted by Crippen LogP contribution is -2.30. The highest BCUT2D eigenvalue weighted by Crippen LogP contribution is 2.28. The van der Waals surface area contributed by atoms with Crippen molar-refractivity contribution in [2.24, 2.45) is 0 Å². The number of pyridine rings is 1. The number of nitrogens with zero attached hydrogens (tertiary/aromatic N) is 1. The van der Waals surface area contributed by atoms with Crippen molar-refractivity contribution in [1.82, 2.24) is 9.88 Å². The summed E-state index contributed by atoms with van der Waals surface area (Å²) < 4.78 is 8.00.